The lowest BCUT2D eigenvalue weighted by Crippen LogP contribution is -2.19. The standard InChI is InChI=1S/C15H16N4O/c1-12(8-9-13-6-4-3-5-7-13)16-17-15(20)14-10-11-19(2)18-14/h3-11H,1-2H3,(H,17,20). The number of benzene rings is 1. The van der Waals surface area contributed by atoms with Crippen molar-refractivity contribution in [1.82, 2.24) is 15.2 Å². The van der Waals surface area contributed by atoms with Crippen molar-refractivity contribution in [3.63, 3.8) is 0 Å². The van der Waals surface area contributed by atoms with Gasteiger partial charge in [-0.15, -0.1) is 0 Å². The molecule has 0 bridgehead atoms. The third-order valence-corrected chi connectivity index (χ3v) is 2.60. The second kappa shape index (κ2) is 6.47. The number of hydrogen-bond donors (Lipinski definition) is 1. The van der Waals surface area contributed by atoms with Crippen LogP contribution in [0.5, 0.6) is 0 Å². The molecule has 0 aliphatic heterocycles. The third kappa shape index (κ3) is 3.91. The Hall–Kier alpha value is -2.69. The summed E-state index contributed by atoms with van der Waals surface area (Å²) in [6, 6.07) is 11.5. The van der Waals surface area contributed by atoms with E-state index in [0.717, 1.165) is 5.56 Å². The van der Waals surface area contributed by atoms with Crippen molar-refractivity contribution in [2.75, 3.05) is 0 Å². The van der Waals surface area contributed by atoms with Crippen molar-refractivity contribution in [1.29, 1.82) is 0 Å². The number of nitrogens with zero attached hydrogens (tertiary/aromatic N) is 3. The minimum atomic E-state index is -0.321. The average Bonchev–Trinajstić information content (AvgIpc) is 2.90. The van der Waals surface area contributed by atoms with Crippen molar-refractivity contribution >= 4 is 17.7 Å². The number of hydrazone groups is 1. The molecule has 1 amide bonds. The van der Waals surface area contributed by atoms with E-state index in [-0.39, 0.29) is 5.91 Å². The van der Waals surface area contributed by atoms with Crippen LogP contribution in [0.2, 0.25) is 0 Å². The fourth-order valence-electron chi connectivity index (χ4n) is 1.55. The van der Waals surface area contributed by atoms with E-state index in [0.29, 0.717) is 11.4 Å². The van der Waals surface area contributed by atoms with Gasteiger partial charge in [0.15, 0.2) is 5.69 Å². The van der Waals surface area contributed by atoms with Gasteiger partial charge < -0.3 is 0 Å². The monoisotopic (exact) mass is 268 g/mol. The molecule has 0 unspecified atom stereocenters. The molecule has 0 aliphatic carbocycles. The van der Waals surface area contributed by atoms with Gasteiger partial charge in [-0.1, -0.05) is 36.4 Å². The van der Waals surface area contributed by atoms with E-state index < -0.39 is 0 Å². The molecule has 0 aliphatic rings. The van der Waals surface area contributed by atoms with E-state index in [4.69, 9.17) is 0 Å². The largest absolute Gasteiger partial charge is 0.291 e. The topological polar surface area (TPSA) is 59.3 Å². The Kier molecular flexibility index (Phi) is 4.44. The molecular formula is C15H16N4O. The number of allylic oxidation sites excluding steroid dienone is 1. The first-order valence-corrected chi connectivity index (χ1v) is 6.22. The molecule has 20 heavy (non-hydrogen) atoms. The highest BCUT2D eigenvalue weighted by Crippen LogP contribution is 2.01. The van der Waals surface area contributed by atoms with Crippen LogP contribution in [0.25, 0.3) is 6.08 Å². The Morgan fingerprint density at radius 3 is 2.70 bits per heavy atom. The summed E-state index contributed by atoms with van der Waals surface area (Å²) in [6.07, 6.45) is 5.49. The predicted octanol–water partition coefficient (Wildman–Crippen LogP) is 2.24. The van der Waals surface area contributed by atoms with Gasteiger partial charge in [-0.05, 0) is 24.6 Å². The van der Waals surface area contributed by atoms with Gasteiger partial charge in [0.25, 0.3) is 5.91 Å². The van der Waals surface area contributed by atoms with Gasteiger partial charge in [0.05, 0.1) is 5.71 Å². The van der Waals surface area contributed by atoms with E-state index in [1.54, 1.807) is 24.0 Å². The maximum Gasteiger partial charge on any atom is 0.291 e. The lowest BCUT2D eigenvalue weighted by molar-refractivity contribution is 0.0949. The molecule has 102 valence electrons. The van der Waals surface area contributed by atoms with Crippen molar-refractivity contribution in [3.8, 4) is 0 Å². The van der Waals surface area contributed by atoms with Crippen LogP contribution in [0.15, 0.2) is 53.8 Å². The zero-order chi connectivity index (χ0) is 14.4. The van der Waals surface area contributed by atoms with Crippen LogP contribution < -0.4 is 5.43 Å². The predicted molar refractivity (Wildman–Crippen MR) is 79.3 cm³/mol. The maximum atomic E-state index is 11.7. The molecule has 0 atom stereocenters. The number of carbonyl (C=O) groups excluding carboxylic acids is 1. The van der Waals surface area contributed by atoms with Gasteiger partial charge in [0, 0.05) is 13.2 Å². The van der Waals surface area contributed by atoms with E-state index in [2.05, 4.69) is 15.6 Å². The average molecular weight is 268 g/mol. The lowest BCUT2D eigenvalue weighted by atomic mass is 10.2. The summed E-state index contributed by atoms with van der Waals surface area (Å²) in [4.78, 5) is 11.7. The van der Waals surface area contributed by atoms with Crippen molar-refractivity contribution in [2.24, 2.45) is 12.1 Å². The number of nitrogens with one attached hydrogen (secondary N) is 1. The van der Waals surface area contributed by atoms with Gasteiger partial charge in [-0.25, -0.2) is 5.43 Å². The molecule has 0 radical (unpaired) electrons. The maximum absolute atomic E-state index is 11.7. The zero-order valence-corrected chi connectivity index (χ0v) is 11.4. The van der Waals surface area contributed by atoms with Gasteiger partial charge >= 0.3 is 0 Å². The fraction of sp³-hybridized carbons (Fsp3) is 0.133. The minimum absolute atomic E-state index is 0.321. The summed E-state index contributed by atoms with van der Waals surface area (Å²) in [5, 5.41) is 8.01. The molecule has 5 heteroatoms. The molecule has 1 heterocycles. The number of amides is 1. The zero-order valence-electron chi connectivity index (χ0n) is 11.4. The summed E-state index contributed by atoms with van der Waals surface area (Å²) < 4.78 is 1.57. The van der Waals surface area contributed by atoms with Crippen molar-refractivity contribution in [3.05, 3.63) is 59.9 Å². The first-order chi connectivity index (χ1) is 9.65. The van der Waals surface area contributed by atoms with E-state index in [1.807, 2.05) is 49.4 Å². The SMILES string of the molecule is CC(C=Cc1ccccc1)=NNC(=O)c1ccn(C)n1. The van der Waals surface area contributed by atoms with Crippen LogP contribution in [-0.2, 0) is 7.05 Å². The molecule has 0 fully saturated rings. The minimum Gasteiger partial charge on any atom is -0.275 e. The highest BCUT2D eigenvalue weighted by atomic mass is 16.2. The molecule has 2 aromatic rings. The number of carbonyl (C=O) groups is 1. The Labute approximate surface area is 117 Å². The second-order valence-electron chi connectivity index (χ2n) is 4.31. The normalized spacial score (nSPS) is 11.8. The molecule has 1 aromatic heterocycles. The molecule has 5 nitrogen and oxygen atoms in total. The highest BCUT2D eigenvalue weighted by molar-refractivity contribution is 5.98. The van der Waals surface area contributed by atoms with Gasteiger partial charge in [0.2, 0.25) is 0 Å². The lowest BCUT2D eigenvalue weighted by Gasteiger charge is -1.97. The fourth-order valence-corrected chi connectivity index (χ4v) is 1.55. The summed E-state index contributed by atoms with van der Waals surface area (Å²) >= 11 is 0. The first-order valence-electron chi connectivity index (χ1n) is 6.22. The van der Waals surface area contributed by atoms with Crippen LogP contribution in [-0.4, -0.2) is 21.4 Å². The third-order valence-electron chi connectivity index (χ3n) is 2.60. The van der Waals surface area contributed by atoms with E-state index >= 15 is 0 Å². The number of aryl methyl sites for hydroxylation is 1. The highest BCUT2D eigenvalue weighted by Gasteiger charge is 2.06. The summed E-state index contributed by atoms with van der Waals surface area (Å²) in [7, 11) is 1.76. The Bertz CT molecular complexity index is 641. The first kappa shape index (κ1) is 13.7. The molecule has 0 spiro atoms. The van der Waals surface area contributed by atoms with E-state index in [9.17, 15) is 4.79 Å². The molecule has 1 N–H and O–H groups in total. The van der Waals surface area contributed by atoms with Crippen molar-refractivity contribution < 1.29 is 4.79 Å². The van der Waals surface area contributed by atoms with Crippen LogP contribution in [0.3, 0.4) is 0 Å². The van der Waals surface area contributed by atoms with Gasteiger partial charge in [-0.2, -0.15) is 10.2 Å². The number of rotatable bonds is 4. The quantitative estimate of drug-likeness (QED) is 0.683. The van der Waals surface area contributed by atoms with Crippen molar-refractivity contribution in [2.45, 2.75) is 6.92 Å². The summed E-state index contributed by atoms with van der Waals surface area (Å²) in [5.41, 5.74) is 4.60. The van der Waals surface area contributed by atoms with Crippen LogP contribution >= 0.6 is 0 Å². The molecule has 1 aromatic carbocycles. The molecule has 2 rings (SSSR count). The Balaban J connectivity index is 1.94. The number of hydrogen-bond acceptors (Lipinski definition) is 3. The van der Waals surface area contributed by atoms with Gasteiger partial charge in [0.1, 0.15) is 0 Å². The molecular weight excluding hydrogens is 252 g/mol. The summed E-state index contributed by atoms with van der Waals surface area (Å²) in [6.45, 7) is 1.82. The van der Waals surface area contributed by atoms with Crippen LogP contribution in [0.4, 0.5) is 0 Å². The van der Waals surface area contributed by atoms with Gasteiger partial charge in [-0.3, -0.25) is 9.48 Å². The van der Waals surface area contributed by atoms with E-state index in [1.165, 1.54) is 0 Å². The molecule has 0 saturated carbocycles. The Morgan fingerprint density at radius 1 is 1.30 bits per heavy atom. The Morgan fingerprint density at radius 2 is 2.05 bits per heavy atom. The van der Waals surface area contributed by atoms with Crippen LogP contribution in [0, 0.1) is 0 Å². The summed E-state index contributed by atoms with van der Waals surface area (Å²) in [5.74, 6) is -0.321. The smallest absolute Gasteiger partial charge is 0.275 e. The number of aromatic nitrogens is 2. The molecule has 0 saturated heterocycles. The van der Waals surface area contributed by atoms with Crippen LogP contribution in [0.1, 0.15) is 23.0 Å². The second-order valence-corrected chi connectivity index (χ2v) is 4.31.